The number of nitrogens with one attached hydrogen (secondary N) is 3. The molecule has 0 aliphatic rings. The Hall–Kier alpha value is -3.40. The Morgan fingerprint density at radius 2 is 0.562 bits per heavy atom. The number of hydrogen-bond acceptors (Lipinski definition) is 10. The SMILES string of the molecule is Cc1ccc(S(=O)(=O)NC(OP(=O)(OC(NS(=O)(=O)c2ccc(C)cc2-c2ccc(Br)cc2)(C(C)C)C(C)C)OC(NS(=O)(=O)c2ccc(C)cc2-c2ccc(Br)cc2)(C(C)C)C(C)C)(C(C)C)C(C)C)c(-c2ccc(Br)cc2)c1. The highest BCUT2D eigenvalue weighted by Crippen LogP contribution is 2.63. The zero-order valence-electron chi connectivity index (χ0n) is 48.0. The molecule has 0 aromatic heterocycles. The fraction of sp³-hybridized carbons (Fsp3) is 0.400. The van der Waals surface area contributed by atoms with Gasteiger partial charge in [0.25, 0.3) is 0 Å². The number of phosphoric ester groups is 1. The third-order valence-corrected chi connectivity index (χ3v) is 22.3. The van der Waals surface area contributed by atoms with Crippen LogP contribution in [0.25, 0.3) is 33.4 Å². The maximum absolute atomic E-state index is 17.3. The number of hydrogen-bond donors (Lipinski definition) is 3. The predicted octanol–water partition coefficient (Wildman–Crippen LogP) is 16.3. The van der Waals surface area contributed by atoms with Gasteiger partial charge < -0.3 is 0 Å². The molecule has 0 unspecified atom stereocenters. The van der Waals surface area contributed by atoms with Crippen LogP contribution in [-0.2, 0) is 48.2 Å². The number of halogens is 3. The van der Waals surface area contributed by atoms with Gasteiger partial charge in [-0.15, -0.1) is 0 Å². The molecule has 0 bridgehead atoms. The maximum Gasteiger partial charge on any atom is 0.480 e. The molecule has 80 heavy (non-hydrogen) atoms. The first-order valence-corrected chi connectivity index (χ1v) is 34.8. The van der Waals surface area contributed by atoms with Crippen LogP contribution in [0.2, 0.25) is 0 Å². The average Bonchev–Trinajstić information content (AvgIpc) is 3.35. The second-order valence-electron chi connectivity index (χ2n) is 22.4. The number of phosphoric acid groups is 1. The monoisotopic (exact) mass is 1360 g/mol. The molecule has 0 radical (unpaired) electrons. The van der Waals surface area contributed by atoms with Crippen LogP contribution in [0, 0.1) is 56.3 Å². The van der Waals surface area contributed by atoms with Gasteiger partial charge in [-0.3, -0.25) is 13.6 Å². The van der Waals surface area contributed by atoms with Gasteiger partial charge in [-0.25, -0.2) is 29.8 Å². The molecule has 0 saturated heterocycles. The van der Waals surface area contributed by atoms with Gasteiger partial charge >= 0.3 is 7.82 Å². The highest BCUT2D eigenvalue weighted by atomic mass is 79.9. The molecule has 0 fully saturated rings. The Morgan fingerprint density at radius 1 is 0.362 bits per heavy atom. The molecule has 20 heteroatoms. The lowest BCUT2D eigenvalue weighted by molar-refractivity contribution is -0.141. The fourth-order valence-electron chi connectivity index (χ4n) is 10.0. The first-order chi connectivity index (χ1) is 37.0. The van der Waals surface area contributed by atoms with E-state index in [-0.39, 0.29) is 14.7 Å². The summed E-state index contributed by atoms with van der Waals surface area (Å²) in [5.74, 6) is -5.28. The first kappa shape index (κ1) is 65.7. The Labute approximate surface area is 501 Å². The van der Waals surface area contributed by atoms with Crippen LogP contribution in [0.1, 0.15) is 99.8 Å². The van der Waals surface area contributed by atoms with E-state index in [9.17, 15) is 0 Å². The molecule has 0 aliphatic carbocycles. The van der Waals surface area contributed by atoms with Gasteiger partial charge in [0.05, 0.1) is 14.7 Å². The Bertz CT molecular complexity index is 3180. The normalized spacial score (nSPS) is 13.4. The fourth-order valence-corrected chi connectivity index (χ4v) is 18.9. The van der Waals surface area contributed by atoms with Crippen LogP contribution in [0.5, 0.6) is 0 Å². The molecule has 0 spiro atoms. The molecule has 6 aromatic rings. The summed E-state index contributed by atoms with van der Waals surface area (Å²) in [6.45, 7) is 25.7. The highest BCUT2D eigenvalue weighted by molar-refractivity contribution is 9.11. The molecule has 0 atom stereocenters. The van der Waals surface area contributed by atoms with Gasteiger partial charge in [0, 0.05) is 30.1 Å². The van der Waals surface area contributed by atoms with Crippen LogP contribution in [0.15, 0.2) is 155 Å². The predicted molar refractivity (Wildman–Crippen MR) is 332 cm³/mol. The highest BCUT2D eigenvalue weighted by Gasteiger charge is 2.59. The van der Waals surface area contributed by atoms with Gasteiger partial charge in [0.2, 0.25) is 30.1 Å². The smallest absolute Gasteiger partial charge is 0.263 e. The largest absolute Gasteiger partial charge is 0.480 e. The summed E-state index contributed by atoms with van der Waals surface area (Å²) in [6, 6.07) is 36.3. The van der Waals surface area contributed by atoms with Gasteiger partial charge in [-0.1, -0.05) is 220 Å². The summed E-state index contributed by atoms with van der Waals surface area (Å²) >= 11 is 10.4. The lowest BCUT2D eigenvalue weighted by atomic mass is 9.89. The molecule has 0 heterocycles. The molecular weight excluding hydrogens is 1290 g/mol. The third-order valence-electron chi connectivity index (χ3n) is 14.6. The molecule has 0 aliphatic heterocycles. The number of benzene rings is 6. The molecule has 13 nitrogen and oxygen atoms in total. The minimum Gasteiger partial charge on any atom is -0.263 e. The van der Waals surface area contributed by atoms with E-state index < -0.39 is 90.6 Å². The Balaban J connectivity index is 1.63. The van der Waals surface area contributed by atoms with E-state index in [0.29, 0.717) is 33.4 Å². The molecule has 3 N–H and O–H groups in total. The Kier molecular flexibility index (Phi) is 20.9. The standard InChI is InChI=1S/C60H75Br3N3O10PS3/c1-37(2)58(38(3)4,64-78(68,69)55-31-16-43(13)34-52(55)46-19-25-49(61)26-20-46)74-77(67,75-59(39(5)6,40(7)8)65-79(70,71)56-32-17-44(14)35-53(56)47-21-27-50(62)28-22-47)76-60(41(9)10,42(11)12)66-80(72,73)57-33-18-45(15)36-54(57)48-23-29-51(63)30-24-48/h16-42,64-66H,1-15H3. The lowest BCUT2D eigenvalue weighted by Gasteiger charge is -2.49. The van der Waals surface area contributed by atoms with Gasteiger partial charge in [-0.2, -0.15) is 14.2 Å². The van der Waals surface area contributed by atoms with E-state index in [4.69, 9.17) is 13.6 Å². The van der Waals surface area contributed by atoms with Crippen molar-refractivity contribution in [2.75, 3.05) is 0 Å². The molecule has 6 aromatic carbocycles. The summed E-state index contributed by atoms with van der Waals surface area (Å²) in [6.07, 6.45) is 0. The van der Waals surface area contributed by atoms with Crippen molar-refractivity contribution in [2.45, 2.75) is 136 Å². The lowest BCUT2D eigenvalue weighted by Crippen LogP contribution is -2.62. The van der Waals surface area contributed by atoms with Crippen molar-refractivity contribution in [3.05, 3.63) is 158 Å². The summed E-state index contributed by atoms with van der Waals surface area (Å²) in [7, 11) is -19.8. The zero-order valence-corrected chi connectivity index (χ0v) is 56.1. The summed E-state index contributed by atoms with van der Waals surface area (Å²) in [5, 5.41) is 0. The van der Waals surface area contributed by atoms with Crippen LogP contribution in [-0.4, -0.2) is 42.4 Å². The van der Waals surface area contributed by atoms with Crippen LogP contribution in [0.3, 0.4) is 0 Å². The van der Waals surface area contributed by atoms with Gasteiger partial charge in [0.1, 0.15) is 17.2 Å². The molecule has 0 amide bonds. The minimum absolute atomic E-state index is 0.117. The van der Waals surface area contributed by atoms with E-state index in [2.05, 4.69) is 62.0 Å². The van der Waals surface area contributed by atoms with Crippen LogP contribution < -0.4 is 14.2 Å². The van der Waals surface area contributed by atoms with E-state index in [0.717, 1.165) is 30.1 Å². The molecular formula is C60H75Br3N3O10PS3. The first-order valence-electron chi connectivity index (χ1n) is 26.5. The van der Waals surface area contributed by atoms with E-state index >= 15 is 29.8 Å². The van der Waals surface area contributed by atoms with Gasteiger partial charge in [-0.05, 0) is 128 Å². The van der Waals surface area contributed by atoms with Crippen molar-refractivity contribution >= 4 is 85.7 Å². The molecule has 0 saturated carbocycles. The van der Waals surface area contributed by atoms with Crippen molar-refractivity contribution in [3.8, 4) is 33.4 Å². The van der Waals surface area contributed by atoms with Crippen molar-refractivity contribution in [3.63, 3.8) is 0 Å². The number of rotatable bonds is 24. The number of aryl methyl sites for hydroxylation is 3. The van der Waals surface area contributed by atoms with E-state index in [1.54, 1.807) is 192 Å². The number of sulfonamides is 3. The van der Waals surface area contributed by atoms with E-state index in [1.807, 2.05) is 20.8 Å². The summed E-state index contributed by atoms with van der Waals surface area (Å²) in [4.78, 5) is -0.351. The summed E-state index contributed by atoms with van der Waals surface area (Å²) < 4.78 is 142. The maximum atomic E-state index is 17.3. The van der Waals surface area contributed by atoms with Crippen LogP contribution in [0.4, 0.5) is 0 Å². The van der Waals surface area contributed by atoms with Crippen LogP contribution >= 0.6 is 55.6 Å². The Morgan fingerprint density at radius 3 is 0.750 bits per heavy atom. The quantitative estimate of drug-likeness (QED) is 0.0389. The molecule has 434 valence electrons. The zero-order chi connectivity index (χ0) is 59.7. The minimum atomic E-state index is -5.69. The van der Waals surface area contributed by atoms with E-state index in [1.165, 1.54) is 18.2 Å². The second-order valence-corrected chi connectivity index (χ2v) is 31.5. The second kappa shape index (κ2) is 25.4. The van der Waals surface area contributed by atoms with Crippen molar-refractivity contribution < 1.29 is 43.4 Å². The average molecular weight is 1370 g/mol. The summed E-state index contributed by atoms with van der Waals surface area (Å²) in [5.41, 5.74) is -1.33. The van der Waals surface area contributed by atoms with Crippen molar-refractivity contribution in [2.24, 2.45) is 35.5 Å². The topological polar surface area (TPSA) is 183 Å². The van der Waals surface area contributed by atoms with Crippen molar-refractivity contribution in [1.29, 1.82) is 0 Å². The third kappa shape index (κ3) is 14.4. The van der Waals surface area contributed by atoms with Gasteiger partial charge in [0.15, 0.2) is 0 Å². The molecule has 6 rings (SSSR count). The van der Waals surface area contributed by atoms with Crippen molar-refractivity contribution in [1.82, 2.24) is 14.2 Å².